The zero-order valence-corrected chi connectivity index (χ0v) is 13.3. The summed E-state index contributed by atoms with van der Waals surface area (Å²) in [6, 6.07) is 2.91. The Morgan fingerprint density at radius 1 is 1.38 bits per heavy atom. The van der Waals surface area contributed by atoms with E-state index in [1.165, 1.54) is 31.6 Å². The lowest BCUT2D eigenvalue weighted by Gasteiger charge is -2.08. The average molecular weight is 331 g/mol. The molecule has 2 aromatic rings. The molecule has 9 heteroatoms. The first-order valence-corrected chi connectivity index (χ1v) is 7.96. The van der Waals surface area contributed by atoms with Crippen molar-refractivity contribution in [3.63, 3.8) is 0 Å². The van der Waals surface area contributed by atoms with Crippen molar-refractivity contribution in [3.8, 4) is 5.88 Å². The standard InChI is InChI=1S/C12H15ClN4O3S/c1-8(2)17-7-10(6-14-17)21(18,19)16-9-4-11(13)15-12(5-9)20-3/h4-8H,1-3H3,(H,15,16). The Morgan fingerprint density at radius 2 is 2.10 bits per heavy atom. The Morgan fingerprint density at radius 3 is 2.67 bits per heavy atom. The molecule has 2 heterocycles. The number of nitrogens with zero attached hydrogens (tertiary/aromatic N) is 3. The third kappa shape index (κ3) is 3.64. The summed E-state index contributed by atoms with van der Waals surface area (Å²) >= 11 is 5.81. The van der Waals surface area contributed by atoms with E-state index < -0.39 is 10.0 Å². The summed E-state index contributed by atoms with van der Waals surface area (Å²) in [5.74, 6) is 0.220. The van der Waals surface area contributed by atoms with Gasteiger partial charge in [-0.1, -0.05) is 11.6 Å². The number of halogens is 1. The maximum Gasteiger partial charge on any atom is 0.265 e. The van der Waals surface area contributed by atoms with E-state index in [1.807, 2.05) is 13.8 Å². The molecule has 0 bridgehead atoms. The monoisotopic (exact) mass is 330 g/mol. The van der Waals surface area contributed by atoms with Crippen LogP contribution in [0.15, 0.2) is 29.4 Å². The van der Waals surface area contributed by atoms with Gasteiger partial charge in [0.15, 0.2) is 0 Å². The van der Waals surface area contributed by atoms with Gasteiger partial charge in [-0.25, -0.2) is 13.4 Å². The molecule has 1 N–H and O–H groups in total. The predicted octanol–water partition coefficient (Wildman–Crippen LogP) is 2.32. The molecule has 0 spiro atoms. The van der Waals surface area contributed by atoms with Crippen molar-refractivity contribution in [2.24, 2.45) is 0 Å². The molecular formula is C12H15ClN4O3S. The molecule has 21 heavy (non-hydrogen) atoms. The largest absolute Gasteiger partial charge is 0.481 e. The fourth-order valence-electron chi connectivity index (χ4n) is 1.59. The van der Waals surface area contributed by atoms with Crippen LogP contribution in [0, 0.1) is 0 Å². The topological polar surface area (TPSA) is 86.1 Å². The summed E-state index contributed by atoms with van der Waals surface area (Å²) in [6.45, 7) is 3.81. The number of methoxy groups -OCH3 is 1. The number of sulfonamides is 1. The summed E-state index contributed by atoms with van der Waals surface area (Å²) in [4.78, 5) is 3.95. The normalized spacial score (nSPS) is 11.7. The molecular weight excluding hydrogens is 316 g/mol. The number of nitrogens with one attached hydrogen (secondary N) is 1. The van der Waals surface area contributed by atoms with Gasteiger partial charge in [0.05, 0.1) is 19.0 Å². The summed E-state index contributed by atoms with van der Waals surface area (Å²) in [6.07, 6.45) is 2.76. The first-order valence-electron chi connectivity index (χ1n) is 6.10. The zero-order valence-electron chi connectivity index (χ0n) is 11.7. The highest BCUT2D eigenvalue weighted by molar-refractivity contribution is 7.92. The minimum atomic E-state index is -3.74. The van der Waals surface area contributed by atoms with Crippen molar-refractivity contribution in [3.05, 3.63) is 29.7 Å². The molecule has 0 aliphatic heterocycles. The summed E-state index contributed by atoms with van der Waals surface area (Å²) < 4.78 is 33.5. The minimum absolute atomic E-state index is 0.0723. The van der Waals surface area contributed by atoms with E-state index in [1.54, 1.807) is 4.68 Å². The molecule has 7 nitrogen and oxygen atoms in total. The van der Waals surface area contributed by atoms with E-state index in [0.717, 1.165) is 0 Å². The molecule has 0 saturated heterocycles. The van der Waals surface area contributed by atoms with Crippen LogP contribution in [-0.2, 0) is 10.0 Å². The van der Waals surface area contributed by atoms with E-state index in [9.17, 15) is 8.42 Å². The third-order valence-corrected chi connectivity index (χ3v) is 4.18. The Kier molecular flexibility index (Phi) is 4.38. The highest BCUT2D eigenvalue weighted by Crippen LogP contribution is 2.23. The number of anilines is 1. The SMILES string of the molecule is COc1cc(NS(=O)(=O)c2cnn(C(C)C)c2)cc(Cl)n1. The number of ether oxygens (including phenoxy) is 1. The summed E-state index contributed by atoms with van der Waals surface area (Å²) in [5.41, 5.74) is 0.268. The second-order valence-electron chi connectivity index (χ2n) is 4.58. The lowest BCUT2D eigenvalue weighted by molar-refractivity contribution is 0.398. The van der Waals surface area contributed by atoms with E-state index in [4.69, 9.17) is 16.3 Å². The van der Waals surface area contributed by atoms with Crippen LogP contribution in [0.1, 0.15) is 19.9 Å². The minimum Gasteiger partial charge on any atom is -0.481 e. The van der Waals surface area contributed by atoms with Crippen LogP contribution in [0.4, 0.5) is 5.69 Å². The second kappa shape index (κ2) is 5.90. The molecule has 0 saturated carbocycles. The number of aromatic nitrogens is 3. The molecule has 114 valence electrons. The number of hydrogen-bond acceptors (Lipinski definition) is 5. The molecule has 0 aliphatic carbocycles. The quantitative estimate of drug-likeness (QED) is 0.850. The third-order valence-electron chi connectivity index (χ3n) is 2.65. The van der Waals surface area contributed by atoms with Gasteiger partial charge in [-0.3, -0.25) is 9.40 Å². The Hall–Kier alpha value is -1.80. The second-order valence-corrected chi connectivity index (χ2v) is 6.65. The highest BCUT2D eigenvalue weighted by Gasteiger charge is 2.18. The predicted molar refractivity (Wildman–Crippen MR) is 79.2 cm³/mol. The summed E-state index contributed by atoms with van der Waals surface area (Å²) in [7, 11) is -2.32. The first kappa shape index (κ1) is 15.6. The zero-order chi connectivity index (χ0) is 15.6. The molecule has 0 aliphatic rings. The van der Waals surface area contributed by atoms with Crippen LogP contribution in [-0.4, -0.2) is 30.3 Å². The van der Waals surface area contributed by atoms with Crippen molar-refractivity contribution in [1.82, 2.24) is 14.8 Å². The van der Waals surface area contributed by atoms with Gasteiger partial charge in [0.2, 0.25) is 5.88 Å². The van der Waals surface area contributed by atoms with Gasteiger partial charge in [-0.2, -0.15) is 5.10 Å². The lowest BCUT2D eigenvalue weighted by Crippen LogP contribution is -2.12. The van der Waals surface area contributed by atoms with Crippen LogP contribution in [0.25, 0.3) is 0 Å². The van der Waals surface area contributed by atoms with Gasteiger partial charge >= 0.3 is 0 Å². The highest BCUT2D eigenvalue weighted by atomic mass is 35.5. The van der Waals surface area contributed by atoms with Gasteiger partial charge in [0.1, 0.15) is 10.0 Å². The molecule has 2 rings (SSSR count). The van der Waals surface area contributed by atoms with Gasteiger partial charge in [0, 0.05) is 18.3 Å². The first-order chi connectivity index (χ1) is 9.81. The van der Waals surface area contributed by atoms with Crippen LogP contribution < -0.4 is 9.46 Å². The molecule has 0 atom stereocenters. The maximum absolute atomic E-state index is 12.3. The number of rotatable bonds is 5. The lowest BCUT2D eigenvalue weighted by atomic mass is 10.4. The van der Waals surface area contributed by atoms with Gasteiger partial charge in [-0.05, 0) is 19.9 Å². The number of pyridine rings is 1. The Bertz CT molecular complexity index is 743. The number of hydrogen-bond donors (Lipinski definition) is 1. The molecule has 0 amide bonds. The van der Waals surface area contributed by atoms with E-state index >= 15 is 0 Å². The molecule has 2 aromatic heterocycles. The molecule has 0 radical (unpaired) electrons. The Labute approximate surface area is 128 Å². The van der Waals surface area contributed by atoms with Crippen LogP contribution in [0.3, 0.4) is 0 Å². The van der Waals surface area contributed by atoms with Crippen molar-refractivity contribution < 1.29 is 13.2 Å². The van der Waals surface area contributed by atoms with Gasteiger partial charge < -0.3 is 4.74 Å². The van der Waals surface area contributed by atoms with Crippen LogP contribution >= 0.6 is 11.6 Å². The maximum atomic E-state index is 12.3. The average Bonchev–Trinajstić information content (AvgIpc) is 2.87. The summed E-state index contributed by atoms with van der Waals surface area (Å²) in [5, 5.41) is 4.14. The van der Waals surface area contributed by atoms with Crippen LogP contribution in [0.2, 0.25) is 5.15 Å². The van der Waals surface area contributed by atoms with E-state index in [2.05, 4.69) is 14.8 Å². The van der Waals surface area contributed by atoms with Crippen molar-refractivity contribution in [2.75, 3.05) is 11.8 Å². The van der Waals surface area contributed by atoms with Crippen molar-refractivity contribution >= 4 is 27.3 Å². The van der Waals surface area contributed by atoms with Crippen molar-refractivity contribution in [2.45, 2.75) is 24.8 Å². The Balaban J connectivity index is 2.30. The van der Waals surface area contributed by atoms with E-state index in [0.29, 0.717) is 0 Å². The molecule has 0 unspecified atom stereocenters. The van der Waals surface area contributed by atoms with Gasteiger partial charge in [0.25, 0.3) is 10.0 Å². The van der Waals surface area contributed by atoms with Crippen LogP contribution in [0.5, 0.6) is 5.88 Å². The molecule has 0 fully saturated rings. The fraction of sp³-hybridized carbons (Fsp3) is 0.333. The smallest absolute Gasteiger partial charge is 0.265 e. The van der Waals surface area contributed by atoms with E-state index in [-0.39, 0.29) is 27.7 Å². The molecule has 0 aromatic carbocycles. The van der Waals surface area contributed by atoms with Gasteiger partial charge in [-0.15, -0.1) is 0 Å². The van der Waals surface area contributed by atoms with Crippen molar-refractivity contribution in [1.29, 1.82) is 0 Å². The fourth-order valence-corrected chi connectivity index (χ4v) is 2.77.